The van der Waals surface area contributed by atoms with Gasteiger partial charge in [0.25, 0.3) is 5.91 Å². The summed E-state index contributed by atoms with van der Waals surface area (Å²) in [4.78, 5) is 12.2. The van der Waals surface area contributed by atoms with Crippen molar-refractivity contribution in [2.45, 2.75) is 25.8 Å². The number of ether oxygens (including phenoxy) is 2. The van der Waals surface area contributed by atoms with E-state index in [1.165, 1.54) is 7.11 Å². The average molecular weight is 261 g/mol. The van der Waals surface area contributed by atoms with Gasteiger partial charge in [0.2, 0.25) is 0 Å². The fourth-order valence-electron chi connectivity index (χ4n) is 1.71. The summed E-state index contributed by atoms with van der Waals surface area (Å²) in [5, 5.41) is 2.80. The number of benzene rings is 1. The van der Waals surface area contributed by atoms with E-state index < -0.39 is 0 Å². The molecule has 1 aromatic rings. The van der Waals surface area contributed by atoms with Crippen molar-refractivity contribution in [2.24, 2.45) is 0 Å². The fourth-order valence-corrected chi connectivity index (χ4v) is 1.71. The number of amides is 1. The van der Waals surface area contributed by atoms with Crippen LogP contribution in [0.4, 0.5) is 0 Å². The number of terminal acetylenes is 1. The molecule has 0 aliphatic heterocycles. The molecule has 1 aromatic carbocycles. The molecule has 1 amide bonds. The zero-order valence-electron chi connectivity index (χ0n) is 11.5. The summed E-state index contributed by atoms with van der Waals surface area (Å²) >= 11 is 0. The Morgan fingerprint density at radius 2 is 2.16 bits per heavy atom. The first-order valence-electron chi connectivity index (χ1n) is 6.15. The van der Waals surface area contributed by atoms with Crippen molar-refractivity contribution in [3.8, 4) is 23.8 Å². The summed E-state index contributed by atoms with van der Waals surface area (Å²) in [6, 6.07) is 4.79. The second-order valence-electron chi connectivity index (χ2n) is 4.05. The molecule has 1 atom stereocenters. The Kier molecular flexibility index (Phi) is 5.74. The lowest BCUT2D eigenvalue weighted by Crippen LogP contribution is -2.33. The van der Waals surface area contributed by atoms with Crippen molar-refractivity contribution in [1.29, 1.82) is 0 Å². The van der Waals surface area contributed by atoms with Gasteiger partial charge in [-0.25, -0.2) is 0 Å². The second kappa shape index (κ2) is 7.32. The van der Waals surface area contributed by atoms with Gasteiger partial charge in [-0.2, -0.15) is 0 Å². The van der Waals surface area contributed by atoms with E-state index in [0.29, 0.717) is 17.1 Å². The fraction of sp³-hybridized carbons (Fsp3) is 0.400. The molecule has 1 unspecified atom stereocenters. The highest BCUT2D eigenvalue weighted by atomic mass is 16.5. The Bertz CT molecular complexity index is 477. The Balaban J connectivity index is 2.94. The molecule has 0 aliphatic rings. The number of methoxy groups -OCH3 is 2. The molecular weight excluding hydrogens is 242 g/mol. The highest BCUT2D eigenvalue weighted by molar-refractivity contribution is 5.97. The van der Waals surface area contributed by atoms with E-state index in [4.69, 9.17) is 15.9 Å². The lowest BCUT2D eigenvalue weighted by atomic mass is 10.1. The van der Waals surface area contributed by atoms with Gasteiger partial charge >= 0.3 is 0 Å². The first-order valence-corrected chi connectivity index (χ1v) is 6.15. The maximum atomic E-state index is 12.2. The Hall–Kier alpha value is -2.15. The highest BCUT2D eigenvalue weighted by Crippen LogP contribution is 2.23. The van der Waals surface area contributed by atoms with Crippen LogP contribution in [0.15, 0.2) is 18.2 Å². The topological polar surface area (TPSA) is 47.6 Å². The van der Waals surface area contributed by atoms with Gasteiger partial charge in [0.05, 0.1) is 25.8 Å². The summed E-state index contributed by atoms with van der Waals surface area (Å²) in [5.74, 6) is 3.40. The van der Waals surface area contributed by atoms with E-state index in [1.807, 2.05) is 6.92 Å². The van der Waals surface area contributed by atoms with Crippen molar-refractivity contribution >= 4 is 5.91 Å². The number of hydrogen-bond donors (Lipinski definition) is 1. The molecule has 102 valence electrons. The van der Waals surface area contributed by atoms with Gasteiger partial charge < -0.3 is 14.8 Å². The second-order valence-corrected chi connectivity index (χ2v) is 4.05. The predicted octanol–water partition coefficient (Wildman–Crippen LogP) is 2.24. The Morgan fingerprint density at radius 3 is 2.68 bits per heavy atom. The van der Waals surface area contributed by atoms with E-state index in [9.17, 15) is 4.79 Å². The van der Waals surface area contributed by atoms with Gasteiger partial charge in [-0.05, 0) is 24.6 Å². The quantitative estimate of drug-likeness (QED) is 0.799. The normalized spacial score (nSPS) is 11.3. The number of hydrogen-bond acceptors (Lipinski definition) is 3. The molecule has 1 N–H and O–H groups in total. The Morgan fingerprint density at radius 1 is 1.42 bits per heavy atom. The van der Waals surface area contributed by atoms with Crippen LogP contribution < -0.4 is 14.8 Å². The van der Waals surface area contributed by atoms with Crippen LogP contribution in [-0.4, -0.2) is 26.2 Å². The number of nitrogens with one attached hydrogen (secondary N) is 1. The summed E-state index contributed by atoms with van der Waals surface area (Å²) in [5.41, 5.74) is 0.415. The van der Waals surface area contributed by atoms with E-state index in [0.717, 1.165) is 12.8 Å². The van der Waals surface area contributed by atoms with Crippen molar-refractivity contribution in [3.05, 3.63) is 23.8 Å². The molecule has 0 aliphatic carbocycles. The van der Waals surface area contributed by atoms with Crippen LogP contribution in [0.25, 0.3) is 0 Å². The smallest absolute Gasteiger partial charge is 0.256 e. The number of carbonyl (C=O) groups is 1. The van der Waals surface area contributed by atoms with Crippen LogP contribution in [0.2, 0.25) is 0 Å². The first kappa shape index (κ1) is 14.9. The van der Waals surface area contributed by atoms with Gasteiger partial charge in [0.15, 0.2) is 0 Å². The van der Waals surface area contributed by atoms with Gasteiger partial charge in [-0.15, -0.1) is 6.42 Å². The monoisotopic (exact) mass is 261 g/mol. The van der Waals surface area contributed by atoms with Crippen molar-refractivity contribution < 1.29 is 14.3 Å². The highest BCUT2D eigenvalue weighted by Gasteiger charge is 2.16. The average Bonchev–Trinajstić information content (AvgIpc) is 2.45. The van der Waals surface area contributed by atoms with Crippen LogP contribution in [0.3, 0.4) is 0 Å². The van der Waals surface area contributed by atoms with Gasteiger partial charge in [0.1, 0.15) is 11.5 Å². The lowest BCUT2D eigenvalue weighted by Gasteiger charge is -2.14. The summed E-state index contributed by atoms with van der Waals surface area (Å²) in [6.07, 6.45) is 7.04. The number of carbonyl (C=O) groups excluding carboxylic acids is 1. The minimum absolute atomic E-state index is 0.257. The molecule has 4 heteroatoms. The third kappa shape index (κ3) is 3.92. The molecule has 0 saturated heterocycles. The van der Waals surface area contributed by atoms with Gasteiger partial charge in [0, 0.05) is 0 Å². The minimum atomic E-state index is -0.270. The molecular formula is C15H19NO3. The first-order chi connectivity index (χ1) is 9.15. The van der Waals surface area contributed by atoms with E-state index >= 15 is 0 Å². The van der Waals surface area contributed by atoms with E-state index in [-0.39, 0.29) is 11.9 Å². The third-order valence-corrected chi connectivity index (χ3v) is 2.74. The van der Waals surface area contributed by atoms with Crippen molar-refractivity contribution in [1.82, 2.24) is 5.32 Å². The summed E-state index contributed by atoms with van der Waals surface area (Å²) < 4.78 is 10.3. The lowest BCUT2D eigenvalue weighted by molar-refractivity contribution is 0.0941. The van der Waals surface area contributed by atoms with Crippen LogP contribution in [0, 0.1) is 12.3 Å². The van der Waals surface area contributed by atoms with Gasteiger partial charge in [-0.3, -0.25) is 4.79 Å². The molecule has 0 heterocycles. The molecule has 0 fully saturated rings. The molecule has 0 radical (unpaired) electrons. The summed E-state index contributed by atoms with van der Waals surface area (Å²) in [6.45, 7) is 2.02. The maximum Gasteiger partial charge on any atom is 0.256 e. The van der Waals surface area contributed by atoms with Crippen LogP contribution in [0.5, 0.6) is 11.5 Å². The van der Waals surface area contributed by atoms with Crippen LogP contribution in [-0.2, 0) is 0 Å². The predicted molar refractivity (Wildman–Crippen MR) is 74.5 cm³/mol. The molecule has 0 saturated carbocycles. The number of rotatable bonds is 6. The standard InChI is InChI=1S/C15H19NO3/c1-5-7-11(6-2)16-15(17)13-10-12(18-3)8-9-14(13)19-4/h2,8-11H,5,7H2,1,3-4H3,(H,16,17). The van der Waals surface area contributed by atoms with Crippen LogP contribution >= 0.6 is 0 Å². The SMILES string of the molecule is C#CC(CCC)NC(=O)c1cc(OC)ccc1OC. The largest absolute Gasteiger partial charge is 0.497 e. The van der Waals surface area contributed by atoms with Gasteiger partial charge in [-0.1, -0.05) is 19.3 Å². The molecule has 0 aromatic heterocycles. The minimum Gasteiger partial charge on any atom is -0.497 e. The zero-order valence-corrected chi connectivity index (χ0v) is 11.5. The van der Waals surface area contributed by atoms with Crippen molar-refractivity contribution in [3.63, 3.8) is 0 Å². The van der Waals surface area contributed by atoms with Crippen LogP contribution in [0.1, 0.15) is 30.1 Å². The van der Waals surface area contributed by atoms with E-state index in [2.05, 4.69) is 11.2 Å². The molecule has 19 heavy (non-hydrogen) atoms. The molecule has 0 spiro atoms. The van der Waals surface area contributed by atoms with Crippen molar-refractivity contribution in [2.75, 3.05) is 14.2 Å². The molecule has 0 bridgehead atoms. The zero-order chi connectivity index (χ0) is 14.3. The molecule has 4 nitrogen and oxygen atoms in total. The Labute approximate surface area is 114 Å². The third-order valence-electron chi connectivity index (χ3n) is 2.74. The molecule has 1 rings (SSSR count). The summed E-state index contributed by atoms with van der Waals surface area (Å²) in [7, 11) is 3.06. The maximum absolute atomic E-state index is 12.2. The van der Waals surface area contributed by atoms with E-state index in [1.54, 1.807) is 25.3 Å².